The number of carbonyl (C=O) groups is 1. The Bertz CT molecular complexity index is 355. The molecule has 5 nitrogen and oxygen atoms in total. The van der Waals surface area contributed by atoms with Crippen molar-refractivity contribution in [2.75, 3.05) is 19.6 Å². The van der Waals surface area contributed by atoms with Crippen molar-refractivity contribution in [3.8, 4) is 0 Å². The summed E-state index contributed by atoms with van der Waals surface area (Å²) in [5, 5.41) is 6.15. The van der Waals surface area contributed by atoms with Gasteiger partial charge in [0.15, 0.2) is 0 Å². The van der Waals surface area contributed by atoms with Gasteiger partial charge in [-0.2, -0.15) is 0 Å². The molecule has 1 unspecified atom stereocenters. The summed E-state index contributed by atoms with van der Waals surface area (Å²) in [5.74, 6) is 1.31. The van der Waals surface area contributed by atoms with Gasteiger partial charge in [-0.25, -0.2) is 4.98 Å². The maximum atomic E-state index is 11.7. The third-order valence-electron chi connectivity index (χ3n) is 3.01. The van der Waals surface area contributed by atoms with Gasteiger partial charge in [0.05, 0.1) is 5.92 Å². The number of nitrogens with zero attached hydrogens (tertiary/aromatic N) is 2. The minimum Gasteiger partial charge on any atom is -0.354 e. The first-order chi connectivity index (χ1) is 7.77. The van der Waals surface area contributed by atoms with Crippen LogP contribution in [0.15, 0.2) is 12.4 Å². The summed E-state index contributed by atoms with van der Waals surface area (Å²) in [4.78, 5) is 15.8. The molecule has 0 aliphatic carbocycles. The number of imidazole rings is 1. The Kier molecular flexibility index (Phi) is 3.56. The smallest absolute Gasteiger partial charge is 0.224 e. The Morgan fingerprint density at radius 1 is 1.75 bits per heavy atom. The van der Waals surface area contributed by atoms with Crippen molar-refractivity contribution in [3.63, 3.8) is 0 Å². The molecule has 1 fully saturated rings. The second-order valence-electron chi connectivity index (χ2n) is 4.15. The fraction of sp³-hybridized carbons (Fsp3) is 0.636. The van der Waals surface area contributed by atoms with Crippen LogP contribution in [0.4, 0.5) is 0 Å². The van der Waals surface area contributed by atoms with Gasteiger partial charge in [-0.3, -0.25) is 4.79 Å². The summed E-state index contributed by atoms with van der Waals surface area (Å²) in [5.41, 5.74) is 0. The molecule has 1 amide bonds. The van der Waals surface area contributed by atoms with Gasteiger partial charge >= 0.3 is 0 Å². The number of aromatic nitrogens is 2. The molecule has 2 heterocycles. The molecule has 1 aliphatic heterocycles. The minimum absolute atomic E-state index is 0.156. The number of hydrogen-bond donors (Lipinski definition) is 2. The first-order valence-corrected chi connectivity index (χ1v) is 5.73. The van der Waals surface area contributed by atoms with Crippen LogP contribution < -0.4 is 10.6 Å². The predicted octanol–water partition coefficient (Wildman–Crippen LogP) is -0.0828. The van der Waals surface area contributed by atoms with Gasteiger partial charge in [-0.15, -0.1) is 0 Å². The molecule has 0 radical (unpaired) electrons. The number of hydrogen-bond acceptors (Lipinski definition) is 3. The van der Waals surface area contributed by atoms with Crippen molar-refractivity contribution in [1.29, 1.82) is 0 Å². The number of aryl methyl sites for hydroxylation is 1. The lowest BCUT2D eigenvalue weighted by Crippen LogP contribution is -2.34. The van der Waals surface area contributed by atoms with Crippen LogP contribution in [0.25, 0.3) is 0 Å². The van der Waals surface area contributed by atoms with E-state index in [0.717, 1.165) is 31.9 Å². The van der Waals surface area contributed by atoms with Gasteiger partial charge in [0.1, 0.15) is 5.82 Å². The highest BCUT2D eigenvalue weighted by Crippen LogP contribution is 2.06. The quantitative estimate of drug-likeness (QED) is 0.749. The van der Waals surface area contributed by atoms with Crippen LogP contribution in [-0.4, -0.2) is 35.1 Å². The molecule has 88 valence electrons. The summed E-state index contributed by atoms with van der Waals surface area (Å²) in [6.45, 7) is 5.20. The maximum absolute atomic E-state index is 11.7. The molecule has 2 rings (SSSR count). The predicted molar refractivity (Wildman–Crippen MR) is 61.0 cm³/mol. The molecule has 1 saturated heterocycles. The average molecular weight is 222 g/mol. The van der Waals surface area contributed by atoms with E-state index in [9.17, 15) is 4.79 Å². The average Bonchev–Trinajstić information content (AvgIpc) is 2.90. The van der Waals surface area contributed by atoms with Gasteiger partial charge in [0.25, 0.3) is 0 Å². The molecule has 1 aromatic rings. The summed E-state index contributed by atoms with van der Waals surface area (Å²) in [6, 6.07) is 0. The normalized spacial score (nSPS) is 19.9. The van der Waals surface area contributed by atoms with Crippen LogP contribution in [0, 0.1) is 12.8 Å². The zero-order chi connectivity index (χ0) is 11.4. The van der Waals surface area contributed by atoms with Crippen LogP contribution in [0.1, 0.15) is 12.2 Å². The highest BCUT2D eigenvalue weighted by molar-refractivity contribution is 5.79. The molecule has 0 saturated carbocycles. The zero-order valence-corrected chi connectivity index (χ0v) is 9.57. The molecule has 0 spiro atoms. The number of carbonyl (C=O) groups excluding carboxylic acids is 1. The summed E-state index contributed by atoms with van der Waals surface area (Å²) < 4.78 is 2.03. The van der Waals surface area contributed by atoms with E-state index in [4.69, 9.17) is 0 Å². The van der Waals surface area contributed by atoms with Crippen molar-refractivity contribution in [2.45, 2.75) is 19.9 Å². The van der Waals surface area contributed by atoms with Crippen molar-refractivity contribution < 1.29 is 4.79 Å². The van der Waals surface area contributed by atoms with Gasteiger partial charge in [0.2, 0.25) is 5.91 Å². The SMILES string of the molecule is Cc1nccn1CCNC(=O)C1CCNC1. The second-order valence-corrected chi connectivity index (χ2v) is 4.15. The summed E-state index contributed by atoms with van der Waals surface area (Å²) in [7, 11) is 0. The van der Waals surface area contributed by atoms with Gasteiger partial charge < -0.3 is 15.2 Å². The monoisotopic (exact) mass is 222 g/mol. The maximum Gasteiger partial charge on any atom is 0.224 e. The summed E-state index contributed by atoms with van der Waals surface area (Å²) in [6.07, 6.45) is 4.66. The van der Waals surface area contributed by atoms with Crippen LogP contribution in [0.5, 0.6) is 0 Å². The van der Waals surface area contributed by atoms with E-state index in [1.54, 1.807) is 6.20 Å². The fourth-order valence-electron chi connectivity index (χ4n) is 1.96. The van der Waals surface area contributed by atoms with E-state index < -0.39 is 0 Å². The van der Waals surface area contributed by atoms with Gasteiger partial charge in [-0.05, 0) is 19.9 Å². The lowest BCUT2D eigenvalue weighted by atomic mass is 10.1. The molecule has 1 aromatic heterocycles. The standard InChI is InChI=1S/C11H18N4O/c1-9-13-4-6-15(9)7-5-14-11(16)10-2-3-12-8-10/h4,6,10,12H,2-3,5,7-8H2,1H3,(H,14,16). The number of amides is 1. The Hall–Kier alpha value is -1.36. The van der Waals surface area contributed by atoms with Crippen LogP contribution >= 0.6 is 0 Å². The van der Waals surface area contributed by atoms with E-state index in [1.165, 1.54) is 0 Å². The Labute approximate surface area is 95.2 Å². The van der Waals surface area contributed by atoms with Crippen LogP contribution in [0.2, 0.25) is 0 Å². The molecule has 0 bridgehead atoms. The highest BCUT2D eigenvalue weighted by atomic mass is 16.1. The van der Waals surface area contributed by atoms with E-state index in [0.29, 0.717) is 6.54 Å². The fourth-order valence-corrected chi connectivity index (χ4v) is 1.96. The van der Waals surface area contributed by atoms with E-state index in [2.05, 4.69) is 15.6 Å². The molecule has 1 aliphatic rings. The van der Waals surface area contributed by atoms with E-state index >= 15 is 0 Å². The summed E-state index contributed by atoms with van der Waals surface area (Å²) >= 11 is 0. The highest BCUT2D eigenvalue weighted by Gasteiger charge is 2.21. The first-order valence-electron chi connectivity index (χ1n) is 5.73. The van der Waals surface area contributed by atoms with E-state index in [-0.39, 0.29) is 11.8 Å². The molecule has 1 atom stereocenters. The lowest BCUT2D eigenvalue weighted by Gasteiger charge is -2.10. The topological polar surface area (TPSA) is 59.0 Å². The Balaban J connectivity index is 1.71. The van der Waals surface area contributed by atoms with E-state index in [1.807, 2.05) is 17.7 Å². The molecule has 5 heteroatoms. The van der Waals surface area contributed by atoms with Gasteiger partial charge in [0, 0.05) is 32.0 Å². The third kappa shape index (κ3) is 2.61. The van der Waals surface area contributed by atoms with Crippen molar-refractivity contribution in [1.82, 2.24) is 20.2 Å². The molecule has 2 N–H and O–H groups in total. The molecule has 0 aromatic carbocycles. The molecular formula is C11H18N4O. The van der Waals surface area contributed by atoms with Gasteiger partial charge in [-0.1, -0.05) is 0 Å². The molecular weight excluding hydrogens is 204 g/mol. The minimum atomic E-state index is 0.156. The van der Waals surface area contributed by atoms with Crippen molar-refractivity contribution >= 4 is 5.91 Å². The van der Waals surface area contributed by atoms with Crippen molar-refractivity contribution in [3.05, 3.63) is 18.2 Å². The largest absolute Gasteiger partial charge is 0.354 e. The third-order valence-corrected chi connectivity index (χ3v) is 3.01. The Morgan fingerprint density at radius 3 is 3.25 bits per heavy atom. The van der Waals surface area contributed by atoms with Crippen molar-refractivity contribution in [2.24, 2.45) is 5.92 Å². The second kappa shape index (κ2) is 5.12. The molecule has 16 heavy (non-hydrogen) atoms. The lowest BCUT2D eigenvalue weighted by molar-refractivity contribution is -0.124. The first kappa shape index (κ1) is 11.1. The number of rotatable bonds is 4. The Morgan fingerprint density at radius 2 is 2.62 bits per heavy atom. The van der Waals surface area contributed by atoms with Crippen LogP contribution in [0.3, 0.4) is 0 Å². The zero-order valence-electron chi connectivity index (χ0n) is 9.57. The number of nitrogens with one attached hydrogen (secondary N) is 2. The van der Waals surface area contributed by atoms with Crippen LogP contribution in [-0.2, 0) is 11.3 Å².